The fourth-order valence-corrected chi connectivity index (χ4v) is 3.70. The molecule has 0 saturated heterocycles. The first kappa shape index (κ1) is 22.3. The number of benzene rings is 4. The van der Waals surface area contributed by atoms with Gasteiger partial charge in [0.2, 0.25) is 5.89 Å². The first-order valence-corrected chi connectivity index (χ1v) is 10.5. The van der Waals surface area contributed by atoms with Gasteiger partial charge in [0.1, 0.15) is 5.52 Å². The Hall–Kier alpha value is -3.87. The van der Waals surface area contributed by atoms with Crippen molar-refractivity contribution >= 4 is 56.5 Å². The Morgan fingerprint density at radius 3 is 2.24 bits per heavy atom. The lowest BCUT2D eigenvalue weighted by Crippen LogP contribution is -2.03. The molecule has 0 aliphatic rings. The highest BCUT2D eigenvalue weighted by Gasteiger charge is 2.13. The van der Waals surface area contributed by atoms with Gasteiger partial charge >= 0.3 is 11.6 Å². The Morgan fingerprint density at radius 1 is 0.848 bits per heavy atom. The number of carboxylic acid groups (broad SMARTS) is 1. The smallest absolute Gasteiger partial charge is 0.347 e. The van der Waals surface area contributed by atoms with Gasteiger partial charge in [0, 0.05) is 5.56 Å². The van der Waals surface area contributed by atoms with Crippen molar-refractivity contribution in [3.05, 3.63) is 105 Å². The van der Waals surface area contributed by atoms with Gasteiger partial charge < -0.3 is 15.3 Å². The topological polar surface area (TPSA) is 106 Å². The molecule has 5 aromatic rings. The molecular formula is C25H16Cl2N2O4. The van der Waals surface area contributed by atoms with Crippen LogP contribution in [0.25, 0.3) is 33.1 Å². The molecule has 5 rings (SSSR count). The minimum absolute atomic E-state index is 0.0394. The largest absolute Gasteiger partial charge is 0.478 e. The van der Waals surface area contributed by atoms with E-state index < -0.39 is 11.6 Å². The molecule has 0 radical (unpaired) electrons. The molecule has 0 saturated carbocycles. The van der Waals surface area contributed by atoms with E-state index in [9.17, 15) is 9.59 Å². The van der Waals surface area contributed by atoms with Crippen molar-refractivity contribution in [1.29, 1.82) is 0 Å². The van der Waals surface area contributed by atoms with E-state index in [1.807, 2.05) is 42.5 Å². The third kappa shape index (κ3) is 4.53. The molecule has 0 atom stereocenters. The third-order valence-electron chi connectivity index (χ3n) is 4.91. The molecule has 1 heterocycles. The van der Waals surface area contributed by atoms with Crippen LogP contribution in [0.1, 0.15) is 10.4 Å². The molecule has 0 spiro atoms. The highest BCUT2D eigenvalue weighted by molar-refractivity contribution is 6.35. The number of nitrogen functional groups attached to an aromatic ring is 1. The number of carboxylic acids is 1. The number of carbonyl (C=O) groups is 1. The molecule has 1 aromatic heterocycles. The standard InChI is InChI=1S/C18H10ClNO2.C7H6ClNO2/c19-15-10-4-9-14-16(15)20-17(22-18(14)21)13-8-3-6-11-5-1-2-7-12(11)13;8-5-3-1-2-4(6(5)9)7(10)11/h1-10H;1-3H,9H2,(H,10,11). The van der Waals surface area contributed by atoms with Gasteiger partial charge in [-0.15, -0.1) is 0 Å². The lowest BCUT2D eigenvalue weighted by atomic mass is 10.0. The maximum Gasteiger partial charge on any atom is 0.347 e. The van der Waals surface area contributed by atoms with Crippen molar-refractivity contribution in [3.63, 3.8) is 0 Å². The van der Waals surface area contributed by atoms with Gasteiger partial charge in [-0.1, -0.05) is 71.7 Å². The Labute approximate surface area is 197 Å². The zero-order valence-corrected chi connectivity index (χ0v) is 18.5. The second-order valence-electron chi connectivity index (χ2n) is 6.98. The van der Waals surface area contributed by atoms with Crippen LogP contribution in [-0.2, 0) is 0 Å². The molecule has 0 fully saturated rings. The fraction of sp³-hybridized carbons (Fsp3) is 0. The molecule has 0 amide bonds. The lowest BCUT2D eigenvalue weighted by molar-refractivity contribution is 0.0698. The van der Waals surface area contributed by atoms with Crippen molar-refractivity contribution < 1.29 is 14.3 Å². The van der Waals surface area contributed by atoms with Gasteiger partial charge in [-0.05, 0) is 41.1 Å². The van der Waals surface area contributed by atoms with Gasteiger partial charge in [0.15, 0.2) is 0 Å². The summed E-state index contributed by atoms with van der Waals surface area (Å²) in [5, 5.41) is 11.7. The van der Waals surface area contributed by atoms with Crippen LogP contribution in [0.3, 0.4) is 0 Å². The highest BCUT2D eigenvalue weighted by atomic mass is 35.5. The van der Waals surface area contributed by atoms with E-state index in [4.69, 9.17) is 38.5 Å². The van der Waals surface area contributed by atoms with Gasteiger partial charge in [0.25, 0.3) is 0 Å². The highest BCUT2D eigenvalue weighted by Crippen LogP contribution is 2.29. The summed E-state index contributed by atoms with van der Waals surface area (Å²) in [6.45, 7) is 0. The van der Waals surface area contributed by atoms with Crippen LogP contribution in [0.2, 0.25) is 10.0 Å². The molecule has 0 aliphatic heterocycles. The Morgan fingerprint density at radius 2 is 1.48 bits per heavy atom. The normalized spacial score (nSPS) is 10.6. The summed E-state index contributed by atoms with van der Waals surface area (Å²) in [4.78, 5) is 27.1. The predicted molar refractivity (Wildman–Crippen MR) is 131 cm³/mol. The average molecular weight is 479 g/mol. The van der Waals surface area contributed by atoms with E-state index in [2.05, 4.69) is 4.98 Å². The number of hydrogen-bond donors (Lipinski definition) is 2. The minimum atomic E-state index is -1.06. The lowest BCUT2D eigenvalue weighted by Gasteiger charge is -2.06. The summed E-state index contributed by atoms with van der Waals surface area (Å²) >= 11 is 11.7. The van der Waals surface area contributed by atoms with E-state index in [0.29, 0.717) is 15.9 Å². The van der Waals surface area contributed by atoms with Crippen LogP contribution in [-0.4, -0.2) is 16.1 Å². The fourth-order valence-electron chi connectivity index (χ4n) is 3.31. The number of hydrogen-bond acceptors (Lipinski definition) is 5. The second kappa shape index (κ2) is 9.32. The van der Waals surface area contributed by atoms with Gasteiger partial charge in [-0.25, -0.2) is 14.6 Å². The number of nitrogens with zero attached hydrogens (tertiary/aromatic N) is 1. The molecule has 8 heteroatoms. The maximum atomic E-state index is 12.2. The van der Waals surface area contributed by atoms with Crippen LogP contribution in [0.15, 0.2) is 88.1 Å². The van der Waals surface area contributed by atoms with E-state index >= 15 is 0 Å². The van der Waals surface area contributed by atoms with Crippen molar-refractivity contribution in [2.45, 2.75) is 0 Å². The minimum Gasteiger partial charge on any atom is -0.478 e. The van der Waals surface area contributed by atoms with Crippen molar-refractivity contribution in [1.82, 2.24) is 4.98 Å². The number of aromatic nitrogens is 1. The van der Waals surface area contributed by atoms with E-state index in [-0.39, 0.29) is 22.2 Å². The summed E-state index contributed by atoms with van der Waals surface area (Å²) in [6.07, 6.45) is 0. The number of nitrogens with two attached hydrogens (primary N) is 1. The zero-order valence-electron chi connectivity index (χ0n) is 17.0. The molecule has 3 N–H and O–H groups in total. The Balaban J connectivity index is 0.000000200. The summed E-state index contributed by atoms with van der Waals surface area (Å²) < 4.78 is 5.41. The molecule has 0 bridgehead atoms. The number of fused-ring (bicyclic) bond motifs is 2. The summed E-state index contributed by atoms with van der Waals surface area (Å²) in [5.74, 6) is -0.785. The van der Waals surface area contributed by atoms with Gasteiger partial charge in [-0.2, -0.15) is 0 Å². The molecule has 4 aromatic carbocycles. The number of anilines is 1. The number of para-hydroxylation sites is 2. The number of halogens is 2. The Kier molecular flexibility index (Phi) is 6.31. The van der Waals surface area contributed by atoms with Crippen LogP contribution in [0, 0.1) is 0 Å². The van der Waals surface area contributed by atoms with Crippen molar-refractivity contribution in [2.75, 3.05) is 5.73 Å². The van der Waals surface area contributed by atoms with E-state index in [0.717, 1.165) is 16.3 Å². The average Bonchev–Trinajstić information content (AvgIpc) is 2.81. The molecule has 0 unspecified atom stereocenters. The molecular weight excluding hydrogens is 463 g/mol. The summed E-state index contributed by atoms with van der Waals surface area (Å²) in [5.41, 5.74) is 6.32. The first-order chi connectivity index (χ1) is 15.9. The van der Waals surface area contributed by atoms with Crippen LogP contribution >= 0.6 is 23.2 Å². The quantitative estimate of drug-likeness (QED) is 0.289. The maximum absolute atomic E-state index is 12.2. The summed E-state index contributed by atoms with van der Waals surface area (Å²) in [6, 6.07) is 23.3. The first-order valence-electron chi connectivity index (χ1n) is 9.71. The molecule has 33 heavy (non-hydrogen) atoms. The SMILES string of the molecule is Nc1c(Cl)cccc1C(=O)O.O=c1oc(-c2cccc3ccccc23)nc2c(Cl)cccc12. The van der Waals surface area contributed by atoms with Gasteiger partial charge in [-0.3, -0.25) is 0 Å². The van der Waals surface area contributed by atoms with Crippen molar-refractivity contribution in [2.24, 2.45) is 0 Å². The van der Waals surface area contributed by atoms with Crippen LogP contribution in [0.4, 0.5) is 5.69 Å². The summed E-state index contributed by atoms with van der Waals surface area (Å²) in [7, 11) is 0. The van der Waals surface area contributed by atoms with Crippen molar-refractivity contribution in [3.8, 4) is 11.5 Å². The number of aromatic carboxylic acids is 1. The second-order valence-corrected chi connectivity index (χ2v) is 7.79. The monoisotopic (exact) mass is 478 g/mol. The van der Waals surface area contributed by atoms with Crippen LogP contribution in [0.5, 0.6) is 0 Å². The number of rotatable bonds is 2. The van der Waals surface area contributed by atoms with Gasteiger partial charge in [0.05, 0.1) is 26.7 Å². The zero-order chi connectivity index (χ0) is 23.5. The Bertz CT molecular complexity index is 1560. The molecule has 164 valence electrons. The van der Waals surface area contributed by atoms with Crippen LogP contribution < -0.4 is 11.4 Å². The molecule has 0 aliphatic carbocycles. The van der Waals surface area contributed by atoms with E-state index in [1.54, 1.807) is 30.3 Å². The molecule has 6 nitrogen and oxygen atoms in total. The predicted octanol–water partition coefficient (Wildman–Crippen LogP) is 6.28. The van der Waals surface area contributed by atoms with E-state index in [1.165, 1.54) is 6.07 Å². The third-order valence-corrected chi connectivity index (χ3v) is 5.55.